The van der Waals surface area contributed by atoms with Gasteiger partial charge in [-0.25, -0.2) is 0 Å². The van der Waals surface area contributed by atoms with Gasteiger partial charge in [0.05, 0.1) is 26.4 Å². The Kier molecular flexibility index (Phi) is 11.6. The van der Waals surface area contributed by atoms with Crippen LogP contribution in [0.5, 0.6) is 5.75 Å². The van der Waals surface area contributed by atoms with E-state index >= 15 is 0 Å². The Hall–Kier alpha value is -3.16. The summed E-state index contributed by atoms with van der Waals surface area (Å²) in [6.07, 6.45) is 0.501. The van der Waals surface area contributed by atoms with Gasteiger partial charge in [0, 0.05) is 61.5 Å². The van der Waals surface area contributed by atoms with Crippen molar-refractivity contribution < 1.29 is 29.4 Å². The number of likely N-dealkylation sites (N-methyl/N-ethyl adjacent to an activating group) is 1. The predicted molar refractivity (Wildman–Crippen MR) is 199 cm³/mol. The molecule has 0 radical (unpaired) electrons. The van der Waals surface area contributed by atoms with Gasteiger partial charge in [-0.15, -0.1) is 0 Å². The lowest BCUT2D eigenvalue weighted by atomic mass is 9.45. The van der Waals surface area contributed by atoms with Crippen LogP contribution in [-0.2, 0) is 16.2 Å². The molecule has 2 amide bonds. The monoisotopic (exact) mass is 691 g/mol. The first kappa shape index (κ1) is 38.1. The Labute approximate surface area is 299 Å². The number of amides is 2. The second kappa shape index (κ2) is 15.2. The SMILES string of the molecule is Bc1c(C(=O)NCCN(C)C)cc(N(C)C)cc1-c1cccc(CN2O[C@@H](CO)[C@@H]([C@H](C)O)[C@H]2C(=O)N[C@H]2C[C@H]3C[C@@H]([C@@H]2C)C3(C)C)c1OC. The molecular weight excluding hydrogens is 633 g/mol. The van der Waals surface area contributed by atoms with Crippen LogP contribution in [0.1, 0.15) is 56.5 Å². The highest BCUT2D eigenvalue weighted by molar-refractivity contribution is 6.40. The number of aliphatic hydroxyl groups is 2. The summed E-state index contributed by atoms with van der Waals surface area (Å²) in [5.41, 5.74) is 4.99. The number of carbonyl (C=O) groups is 2. The van der Waals surface area contributed by atoms with Crippen molar-refractivity contribution in [1.82, 2.24) is 20.6 Å². The fraction of sp³-hybridized carbons (Fsp3) is 0.632. The molecular formula is C38H58BN5O6. The summed E-state index contributed by atoms with van der Waals surface area (Å²) >= 11 is 0. The lowest BCUT2D eigenvalue weighted by molar-refractivity contribution is -0.183. The van der Waals surface area contributed by atoms with Gasteiger partial charge in [0.25, 0.3) is 5.91 Å². The molecule has 4 fully saturated rings. The van der Waals surface area contributed by atoms with Crippen molar-refractivity contribution in [3.05, 3.63) is 41.5 Å². The second-order valence-corrected chi connectivity index (χ2v) is 15.9. The molecule has 2 aromatic carbocycles. The maximum Gasteiger partial charge on any atom is 0.250 e. The van der Waals surface area contributed by atoms with Crippen molar-refractivity contribution in [1.29, 1.82) is 0 Å². The summed E-state index contributed by atoms with van der Waals surface area (Å²) in [4.78, 5) is 37.9. The van der Waals surface area contributed by atoms with Gasteiger partial charge < -0.3 is 35.4 Å². The zero-order valence-corrected chi connectivity index (χ0v) is 31.6. The van der Waals surface area contributed by atoms with E-state index in [1.165, 1.54) is 6.42 Å². The third-order valence-electron chi connectivity index (χ3n) is 12.0. The Morgan fingerprint density at radius 3 is 2.46 bits per heavy atom. The Morgan fingerprint density at radius 2 is 1.88 bits per heavy atom. The smallest absolute Gasteiger partial charge is 0.250 e. The van der Waals surface area contributed by atoms with Gasteiger partial charge in [0.2, 0.25) is 5.91 Å². The van der Waals surface area contributed by atoms with E-state index in [0.717, 1.165) is 40.8 Å². The van der Waals surface area contributed by atoms with Gasteiger partial charge in [0.15, 0.2) is 0 Å². The molecule has 1 saturated heterocycles. The fourth-order valence-electron chi connectivity index (χ4n) is 8.78. The molecule has 1 heterocycles. The summed E-state index contributed by atoms with van der Waals surface area (Å²) < 4.78 is 6.08. The fourth-order valence-corrected chi connectivity index (χ4v) is 8.78. The Balaban J connectivity index is 1.47. The van der Waals surface area contributed by atoms with Gasteiger partial charge in [0.1, 0.15) is 25.7 Å². The molecule has 4 N–H and O–H groups in total. The van der Waals surface area contributed by atoms with E-state index in [4.69, 9.17) is 9.57 Å². The van der Waals surface area contributed by atoms with Crippen LogP contribution in [-0.4, -0.2) is 119 Å². The third-order valence-corrected chi connectivity index (χ3v) is 12.0. The van der Waals surface area contributed by atoms with E-state index in [9.17, 15) is 19.8 Å². The molecule has 0 unspecified atom stereocenters. The zero-order chi connectivity index (χ0) is 36.7. The van der Waals surface area contributed by atoms with Crippen LogP contribution in [0.2, 0.25) is 0 Å². The van der Waals surface area contributed by atoms with Crippen LogP contribution in [0.15, 0.2) is 30.3 Å². The highest BCUT2D eigenvalue weighted by atomic mass is 16.7. The lowest BCUT2D eigenvalue weighted by Gasteiger charge is -2.62. The molecule has 6 rings (SSSR count). The number of carbonyl (C=O) groups excluding carboxylic acids is 2. The van der Waals surface area contributed by atoms with Crippen molar-refractivity contribution in [3.8, 4) is 16.9 Å². The molecule has 0 spiro atoms. The largest absolute Gasteiger partial charge is 0.496 e. The summed E-state index contributed by atoms with van der Waals surface area (Å²) in [6.45, 7) is 9.66. The number of aliphatic hydroxyl groups excluding tert-OH is 2. The average Bonchev–Trinajstić information content (AvgIpc) is 3.43. The van der Waals surface area contributed by atoms with E-state index in [1.54, 1.807) is 19.1 Å². The van der Waals surface area contributed by atoms with Crippen LogP contribution in [0, 0.1) is 29.1 Å². The summed E-state index contributed by atoms with van der Waals surface area (Å²) in [5.74, 6) is 1.10. The molecule has 3 aliphatic carbocycles. The minimum absolute atomic E-state index is 0.0445. The number of rotatable bonds is 13. The number of fused-ring (bicyclic) bond motifs is 2. The van der Waals surface area contributed by atoms with Crippen molar-refractivity contribution in [2.24, 2.45) is 29.1 Å². The number of ether oxygens (including phenoxy) is 1. The molecule has 274 valence electrons. The van der Waals surface area contributed by atoms with E-state index < -0.39 is 24.2 Å². The van der Waals surface area contributed by atoms with Crippen LogP contribution in [0.4, 0.5) is 5.69 Å². The number of hydrogen-bond donors (Lipinski definition) is 4. The highest BCUT2D eigenvalue weighted by Gasteiger charge is 2.57. The normalized spacial score (nSPS) is 27.8. The van der Waals surface area contributed by atoms with Crippen LogP contribution in [0.3, 0.4) is 0 Å². The van der Waals surface area contributed by atoms with Crippen molar-refractivity contribution in [2.75, 3.05) is 59.9 Å². The number of hydrogen-bond acceptors (Lipinski definition) is 9. The second-order valence-electron chi connectivity index (χ2n) is 15.9. The van der Waals surface area contributed by atoms with Gasteiger partial charge in [-0.05, 0) is 74.7 Å². The molecule has 1 aliphatic heterocycles. The van der Waals surface area contributed by atoms with E-state index in [0.29, 0.717) is 35.6 Å². The number of nitrogens with one attached hydrogen (secondary N) is 2. The molecule has 11 nitrogen and oxygen atoms in total. The number of benzene rings is 2. The minimum Gasteiger partial charge on any atom is -0.496 e. The predicted octanol–water partition coefficient (Wildman–Crippen LogP) is 1.64. The van der Waals surface area contributed by atoms with Crippen LogP contribution in [0.25, 0.3) is 11.1 Å². The Morgan fingerprint density at radius 1 is 1.16 bits per heavy atom. The summed E-state index contributed by atoms with van der Waals surface area (Å²) in [5, 5.41) is 29.3. The molecule has 12 heteroatoms. The summed E-state index contributed by atoms with van der Waals surface area (Å²) in [6, 6.07) is 9.02. The quantitative estimate of drug-likeness (QED) is 0.232. The maximum atomic E-state index is 14.2. The highest BCUT2D eigenvalue weighted by Crippen LogP contribution is 2.61. The Bertz CT molecular complexity index is 1550. The van der Waals surface area contributed by atoms with Crippen molar-refractivity contribution in [2.45, 2.75) is 71.4 Å². The third kappa shape index (κ3) is 7.28. The maximum absolute atomic E-state index is 14.2. The van der Waals surface area contributed by atoms with Gasteiger partial charge >= 0.3 is 0 Å². The van der Waals surface area contributed by atoms with Crippen LogP contribution >= 0.6 is 0 Å². The van der Waals surface area contributed by atoms with E-state index in [1.807, 2.05) is 70.1 Å². The van der Waals surface area contributed by atoms with Crippen molar-refractivity contribution in [3.63, 3.8) is 0 Å². The topological polar surface area (TPSA) is 127 Å². The molecule has 0 aromatic heterocycles. The first-order chi connectivity index (χ1) is 23.6. The van der Waals surface area contributed by atoms with Crippen molar-refractivity contribution >= 4 is 30.8 Å². The first-order valence-corrected chi connectivity index (χ1v) is 18.0. The molecule has 3 saturated carbocycles. The number of anilines is 1. The standard InChI is InChI=1S/C38H58BN5O6/c1-21-29-15-24(38(29,3)4)16-30(21)41-37(48)34-32(22(2)46)31(20-45)50-44(34)19-23-11-10-12-26(35(23)49-9)27-17-25(43(7)8)18-28(33(27)39)36(47)40-13-14-42(5)6/h10-12,17-18,21-22,24,29-32,34,45-46H,13-16,19-20,39H2,1-9H3,(H,40,47)(H,41,48)/t21-,22-,24+,29-,30-,31-,32+,34-/m0/s1. The molecule has 8 atom stereocenters. The van der Waals surface area contributed by atoms with Gasteiger partial charge in [-0.1, -0.05) is 44.4 Å². The number of para-hydroxylation sites is 1. The van der Waals surface area contributed by atoms with Crippen LogP contribution < -0.4 is 25.7 Å². The average molecular weight is 692 g/mol. The molecule has 4 aliphatic rings. The van der Waals surface area contributed by atoms with Gasteiger partial charge in [-0.3, -0.25) is 14.4 Å². The molecule has 50 heavy (non-hydrogen) atoms. The number of methoxy groups -OCH3 is 1. The minimum atomic E-state index is -0.893. The molecule has 2 bridgehead atoms. The molecule has 2 aromatic rings. The van der Waals surface area contributed by atoms with E-state index in [-0.39, 0.29) is 36.4 Å². The summed E-state index contributed by atoms with van der Waals surface area (Å²) in [7, 11) is 11.4. The number of hydroxylamine groups is 2. The van der Waals surface area contributed by atoms with Gasteiger partial charge in [-0.2, -0.15) is 5.06 Å². The number of nitrogens with zero attached hydrogens (tertiary/aromatic N) is 3. The lowest BCUT2D eigenvalue weighted by Crippen LogP contribution is -2.62. The van der Waals surface area contributed by atoms with E-state index in [2.05, 4.69) is 37.5 Å². The first-order valence-electron chi connectivity index (χ1n) is 18.0. The zero-order valence-electron chi connectivity index (χ0n) is 31.6.